The Kier molecular flexibility index (Phi) is 6.99. The summed E-state index contributed by atoms with van der Waals surface area (Å²) in [7, 11) is 3.01. The maximum Gasteiger partial charge on any atom is 0.332 e. The van der Waals surface area contributed by atoms with E-state index < -0.39 is 17.1 Å². The van der Waals surface area contributed by atoms with Crippen LogP contribution >= 0.6 is 11.6 Å². The smallest absolute Gasteiger partial charge is 0.332 e. The SMILES string of the molecule is Cn1c(=O)c2c(nc(N3CCN(C/C=C/c4ccccc4)CC3)n2Cc2c(F)cccc2Cl)n(C)c1=O. The first kappa shape index (κ1) is 25.0. The van der Waals surface area contributed by atoms with Crippen LogP contribution in [-0.2, 0) is 20.6 Å². The normalized spacial score (nSPS) is 14.8. The summed E-state index contributed by atoms with van der Waals surface area (Å²) in [5, 5.41) is 0.268. The van der Waals surface area contributed by atoms with Crippen molar-refractivity contribution in [2.24, 2.45) is 14.1 Å². The third-order valence-corrected chi connectivity index (χ3v) is 7.19. The lowest BCUT2D eigenvalue weighted by Crippen LogP contribution is -2.47. The molecule has 10 heteroatoms. The third-order valence-electron chi connectivity index (χ3n) is 6.83. The van der Waals surface area contributed by atoms with Crippen molar-refractivity contribution in [3.8, 4) is 0 Å². The van der Waals surface area contributed by atoms with Gasteiger partial charge in [-0.1, -0.05) is 60.2 Å². The van der Waals surface area contributed by atoms with Gasteiger partial charge in [0.15, 0.2) is 11.2 Å². The molecule has 0 radical (unpaired) electrons. The summed E-state index contributed by atoms with van der Waals surface area (Å²) in [6.07, 6.45) is 4.26. The highest BCUT2D eigenvalue weighted by atomic mass is 35.5. The lowest BCUT2D eigenvalue weighted by Gasteiger charge is -2.35. The molecule has 0 spiro atoms. The number of benzene rings is 2. The highest BCUT2D eigenvalue weighted by Crippen LogP contribution is 2.26. The molecule has 4 aromatic rings. The number of aromatic nitrogens is 4. The van der Waals surface area contributed by atoms with E-state index in [1.807, 2.05) is 18.2 Å². The number of anilines is 1. The van der Waals surface area contributed by atoms with Crippen molar-refractivity contribution in [2.45, 2.75) is 6.54 Å². The predicted molar refractivity (Wildman–Crippen MR) is 145 cm³/mol. The molecule has 2 aromatic heterocycles. The minimum Gasteiger partial charge on any atom is -0.340 e. The van der Waals surface area contributed by atoms with Crippen molar-refractivity contribution < 1.29 is 4.39 Å². The Bertz CT molecular complexity index is 1560. The summed E-state index contributed by atoms with van der Waals surface area (Å²) in [5.41, 5.74) is 0.997. The molecule has 192 valence electrons. The van der Waals surface area contributed by atoms with E-state index in [-0.39, 0.29) is 28.3 Å². The number of nitrogens with zero attached hydrogens (tertiary/aromatic N) is 6. The van der Waals surface area contributed by atoms with Crippen LogP contribution in [0.2, 0.25) is 5.02 Å². The van der Waals surface area contributed by atoms with Crippen molar-refractivity contribution in [3.63, 3.8) is 0 Å². The van der Waals surface area contributed by atoms with E-state index in [1.54, 1.807) is 23.7 Å². The molecule has 8 nitrogen and oxygen atoms in total. The van der Waals surface area contributed by atoms with E-state index in [4.69, 9.17) is 16.6 Å². The molecular formula is C27H28ClFN6O2. The lowest BCUT2D eigenvalue weighted by molar-refractivity contribution is 0.282. The highest BCUT2D eigenvalue weighted by molar-refractivity contribution is 6.31. The standard InChI is InChI=1S/C27H28ClFN6O2/c1-31-24-23(25(36)32(2)27(31)37)35(18-20-21(28)11-6-12-22(20)29)26(30-24)34-16-14-33(15-17-34)13-7-10-19-8-4-3-5-9-19/h3-12H,13-18H2,1-2H3/b10-7+. The fourth-order valence-electron chi connectivity index (χ4n) is 4.70. The Hall–Kier alpha value is -3.69. The van der Waals surface area contributed by atoms with Crippen LogP contribution in [0.15, 0.2) is 64.2 Å². The van der Waals surface area contributed by atoms with Crippen molar-refractivity contribution in [3.05, 3.63) is 97.4 Å². The molecule has 37 heavy (non-hydrogen) atoms. The second-order valence-electron chi connectivity index (χ2n) is 9.18. The number of aryl methyl sites for hydroxylation is 1. The molecule has 0 aliphatic carbocycles. The van der Waals surface area contributed by atoms with Crippen LogP contribution in [0.25, 0.3) is 17.2 Å². The summed E-state index contributed by atoms with van der Waals surface area (Å²) in [5.74, 6) is 0.0593. The van der Waals surface area contributed by atoms with E-state index in [2.05, 4.69) is 34.1 Å². The average Bonchev–Trinajstić information content (AvgIpc) is 3.29. The molecular weight excluding hydrogens is 495 g/mol. The van der Waals surface area contributed by atoms with Gasteiger partial charge in [0.25, 0.3) is 5.56 Å². The Balaban J connectivity index is 1.46. The molecule has 0 bridgehead atoms. The van der Waals surface area contributed by atoms with E-state index in [0.717, 1.165) is 29.8 Å². The van der Waals surface area contributed by atoms with Gasteiger partial charge in [-0.3, -0.25) is 23.4 Å². The van der Waals surface area contributed by atoms with E-state index in [0.29, 0.717) is 19.0 Å². The molecule has 5 rings (SSSR count). The first-order valence-electron chi connectivity index (χ1n) is 12.1. The number of imidazole rings is 1. The van der Waals surface area contributed by atoms with Crippen LogP contribution < -0.4 is 16.1 Å². The Morgan fingerprint density at radius 3 is 2.41 bits per heavy atom. The van der Waals surface area contributed by atoms with Gasteiger partial charge >= 0.3 is 5.69 Å². The van der Waals surface area contributed by atoms with Crippen LogP contribution in [0, 0.1) is 5.82 Å². The maximum atomic E-state index is 14.7. The number of rotatable bonds is 6. The van der Waals surface area contributed by atoms with Crippen molar-refractivity contribution in [1.82, 2.24) is 23.6 Å². The average molecular weight is 523 g/mol. The largest absolute Gasteiger partial charge is 0.340 e. The molecule has 0 saturated carbocycles. The quantitative estimate of drug-likeness (QED) is 0.389. The fraction of sp³-hybridized carbons (Fsp3) is 0.296. The highest BCUT2D eigenvalue weighted by Gasteiger charge is 2.26. The predicted octanol–water partition coefficient (Wildman–Crippen LogP) is 3.11. The van der Waals surface area contributed by atoms with E-state index in [9.17, 15) is 14.0 Å². The van der Waals surface area contributed by atoms with Gasteiger partial charge in [-0.2, -0.15) is 4.98 Å². The first-order chi connectivity index (χ1) is 17.8. The van der Waals surface area contributed by atoms with E-state index in [1.165, 1.54) is 17.7 Å². The Labute approximate surface area is 218 Å². The monoisotopic (exact) mass is 522 g/mol. The molecule has 1 aliphatic rings. The minimum atomic E-state index is -0.478. The van der Waals surface area contributed by atoms with Crippen LogP contribution in [0.4, 0.5) is 10.3 Å². The van der Waals surface area contributed by atoms with E-state index >= 15 is 0 Å². The van der Waals surface area contributed by atoms with Gasteiger partial charge in [-0.25, -0.2) is 9.18 Å². The van der Waals surface area contributed by atoms with Gasteiger partial charge in [-0.15, -0.1) is 0 Å². The second kappa shape index (κ2) is 10.4. The molecule has 1 saturated heterocycles. The van der Waals surface area contributed by atoms with Crippen LogP contribution in [0.5, 0.6) is 0 Å². The minimum absolute atomic E-state index is 0.0187. The Morgan fingerprint density at radius 2 is 1.70 bits per heavy atom. The number of hydrogen-bond acceptors (Lipinski definition) is 5. The number of piperazine rings is 1. The van der Waals surface area contributed by atoms with Gasteiger partial charge in [0.05, 0.1) is 6.54 Å². The fourth-order valence-corrected chi connectivity index (χ4v) is 4.92. The van der Waals surface area contributed by atoms with Crippen molar-refractivity contribution in [2.75, 3.05) is 37.6 Å². The van der Waals surface area contributed by atoms with Crippen LogP contribution in [-0.4, -0.2) is 56.3 Å². The summed E-state index contributed by atoms with van der Waals surface area (Å²) in [6, 6.07) is 14.7. The molecule has 1 aliphatic heterocycles. The zero-order valence-corrected chi connectivity index (χ0v) is 21.5. The second-order valence-corrected chi connectivity index (χ2v) is 9.58. The Morgan fingerprint density at radius 1 is 0.973 bits per heavy atom. The summed E-state index contributed by atoms with van der Waals surface area (Å²) >= 11 is 6.34. The molecule has 0 unspecified atom stereocenters. The summed E-state index contributed by atoms with van der Waals surface area (Å²) in [4.78, 5) is 34.9. The van der Waals surface area contributed by atoms with Gasteiger partial charge in [0.1, 0.15) is 5.82 Å². The van der Waals surface area contributed by atoms with Gasteiger partial charge in [-0.05, 0) is 17.7 Å². The van der Waals surface area contributed by atoms with Crippen molar-refractivity contribution >= 4 is 34.8 Å². The zero-order valence-electron chi connectivity index (χ0n) is 20.8. The number of halogens is 2. The molecule has 0 atom stereocenters. The molecule has 1 fully saturated rings. The molecule has 2 aromatic carbocycles. The van der Waals surface area contributed by atoms with Gasteiger partial charge in [0, 0.05) is 57.4 Å². The number of fused-ring (bicyclic) bond motifs is 1. The zero-order chi connectivity index (χ0) is 26.1. The topological polar surface area (TPSA) is 68.3 Å². The molecule has 3 heterocycles. The number of hydrogen-bond donors (Lipinski definition) is 0. The van der Waals surface area contributed by atoms with Crippen LogP contribution in [0.1, 0.15) is 11.1 Å². The molecule has 0 amide bonds. The van der Waals surface area contributed by atoms with Crippen LogP contribution in [0.3, 0.4) is 0 Å². The van der Waals surface area contributed by atoms with Gasteiger partial charge < -0.3 is 4.90 Å². The van der Waals surface area contributed by atoms with Crippen molar-refractivity contribution in [1.29, 1.82) is 0 Å². The summed E-state index contributed by atoms with van der Waals surface area (Å²) in [6.45, 7) is 3.76. The third kappa shape index (κ3) is 4.84. The maximum absolute atomic E-state index is 14.7. The van der Waals surface area contributed by atoms with Gasteiger partial charge in [0.2, 0.25) is 5.95 Å². The first-order valence-corrected chi connectivity index (χ1v) is 12.5. The lowest BCUT2D eigenvalue weighted by atomic mass is 10.2. The summed E-state index contributed by atoms with van der Waals surface area (Å²) < 4.78 is 18.8. The molecule has 0 N–H and O–H groups in total.